The normalized spacial score (nSPS) is 42.3. The summed E-state index contributed by atoms with van der Waals surface area (Å²) in [5.74, 6) is 2.68. The predicted octanol–water partition coefficient (Wildman–Crippen LogP) is 4.45. The van der Waals surface area contributed by atoms with Gasteiger partial charge in [-0.2, -0.15) is 0 Å². The molecule has 3 aliphatic carbocycles. The highest BCUT2D eigenvalue weighted by Crippen LogP contribution is 2.62. The predicted molar refractivity (Wildman–Crippen MR) is 117 cm³/mol. The average Bonchev–Trinajstić information content (AvgIpc) is 3.06. The van der Waals surface area contributed by atoms with Crippen LogP contribution in [0.3, 0.4) is 0 Å². The molecule has 4 heteroatoms. The van der Waals surface area contributed by atoms with Crippen molar-refractivity contribution in [1.82, 2.24) is 0 Å². The van der Waals surface area contributed by atoms with Crippen molar-refractivity contribution in [2.45, 2.75) is 96.9 Å². The number of aliphatic hydroxyl groups excluding tert-OH is 1. The van der Waals surface area contributed by atoms with Crippen LogP contribution in [0.4, 0.5) is 0 Å². The Kier molecular flexibility index (Phi) is 4.39. The summed E-state index contributed by atoms with van der Waals surface area (Å²) in [6.07, 6.45) is 5.59. The molecule has 1 saturated heterocycles. The third-order valence-corrected chi connectivity index (χ3v) is 9.57. The van der Waals surface area contributed by atoms with Gasteiger partial charge in [-0.15, -0.1) is 0 Å². The number of hydrogen-bond acceptors (Lipinski definition) is 3. The van der Waals surface area contributed by atoms with Gasteiger partial charge in [0.15, 0.2) is 0 Å². The van der Waals surface area contributed by atoms with E-state index in [-0.39, 0.29) is 29.8 Å². The zero-order chi connectivity index (χ0) is 20.8. The van der Waals surface area contributed by atoms with Crippen LogP contribution < -0.4 is 5.46 Å². The van der Waals surface area contributed by atoms with Crippen LogP contribution in [-0.4, -0.2) is 29.5 Å². The maximum atomic E-state index is 10.7. The van der Waals surface area contributed by atoms with Gasteiger partial charge in [-0.1, -0.05) is 32.0 Å². The average molecular weight is 396 g/mol. The van der Waals surface area contributed by atoms with E-state index in [0.717, 1.165) is 24.7 Å². The number of aliphatic hydroxyl groups is 1. The van der Waals surface area contributed by atoms with Gasteiger partial charge in [0.05, 0.1) is 17.3 Å². The van der Waals surface area contributed by atoms with Crippen LogP contribution in [0.1, 0.15) is 84.3 Å². The Morgan fingerprint density at radius 2 is 1.69 bits per heavy atom. The van der Waals surface area contributed by atoms with Crippen molar-refractivity contribution in [1.29, 1.82) is 0 Å². The highest BCUT2D eigenvalue weighted by Gasteiger charge is 2.56. The van der Waals surface area contributed by atoms with Crippen LogP contribution in [-0.2, 0) is 15.7 Å². The Morgan fingerprint density at radius 3 is 2.38 bits per heavy atom. The van der Waals surface area contributed by atoms with Gasteiger partial charge in [-0.3, -0.25) is 0 Å². The molecule has 1 aliphatic heterocycles. The van der Waals surface area contributed by atoms with Crippen LogP contribution in [0.15, 0.2) is 18.2 Å². The fourth-order valence-electron chi connectivity index (χ4n) is 7.10. The first kappa shape index (κ1) is 20.1. The number of fused-ring (bicyclic) bond motifs is 5. The summed E-state index contributed by atoms with van der Waals surface area (Å²) in [5.41, 5.74) is 3.73. The van der Waals surface area contributed by atoms with Gasteiger partial charge >= 0.3 is 7.12 Å². The smallest absolute Gasteiger partial charge is 0.399 e. The van der Waals surface area contributed by atoms with Crippen molar-refractivity contribution in [3.8, 4) is 0 Å². The van der Waals surface area contributed by atoms with Gasteiger partial charge in [0.2, 0.25) is 0 Å². The third kappa shape index (κ3) is 2.82. The van der Waals surface area contributed by atoms with Crippen LogP contribution in [0, 0.1) is 23.2 Å². The molecule has 0 unspecified atom stereocenters. The van der Waals surface area contributed by atoms with E-state index in [0.29, 0.717) is 23.7 Å². The first-order chi connectivity index (χ1) is 13.5. The highest BCUT2D eigenvalue weighted by atomic mass is 16.7. The molecular weight excluding hydrogens is 359 g/mol. The van der Waals surface area contributed by atoms with Gasteiger partial charge in [0, 0.05) is 0 Å². The molecule has 3 nitrogen and oxygen atoms in total. The van der Waals surface area contributed by atoms with Crippen molar-refractivity contribution in [3.05, 3.63) is 29.3 Å². The molecule has 0 radical (unpaired) electrons. The maximum absolute atomic E-state index is 10.7. The second-order valence-corrected chi connectivity index (χ2v) is 11.7. The lowest BCUT2D eigenvalue weighted by Gasteiger charge is -2.52. The molecule has 3 fully saturated rings. The summed E-state index contributed by atoms with van der Waals surface area (Å²) >= 11 is 0. The van der Waals surface area contributed by atoms with E-state index in [1.807, 2.05) is 0 Å². The van der Waals surface area contributed by atoms with Crippen LogP contribution >= 0.6 is 0 Å². The molecule has 158 valence electrons. The van der Waals surface area contributed by atoms with Gasteiger partial charge in [-0.25, -0.2) is 0 Å². The van der Waals surface area contributed by atoms with Crippen LogP contribution in [0.5, 0.6) is 0 Å². The van der Waals surface area contributed by atoms with E-state index in [4.69, 9.17) is 9.31 Å². The maximum Gasteiger partial charge on any atom is 0.494 e. The molecule has 1 heterocycles. The van der Waals surface area contributed by atoms with E-state index in [1.165, 1.54) is 18.4 Å². The Morgan fingerprint density at radius 1 is 1.00 bits per heavy atom. The SMILES string of the molecule is C[C@@H]1Cc2cc(B3OC(C)(C)C(C)(C)O3)ccc2[C@H]2CC[C@]3(C)[C@@H](O)CC[C@H]3[C@H]12. The summed E-state index contributed by atoms with van der Waals surface area (Å²) in [5, 5.41) is 10.7. The molecule has 0 aromatic heterocycles. The van der Waals surface area contributed by atoms with Crippen molar-refractivity contribution >= 4 is 12.6 Å². The topological polar surface area (TPSA) is 38.7 Å². The molecule has 1 aromatic carbocycles. The van der Waals surface area contributed by atoms with Crippen LogP contribution in [0.2, 0.25) is 0 Å². The van der Waals surface area contributed by atoms with E-state index in [9.17, 15) is 5.11 Å². The monoisotopic (exact) mass is 396 g/mol. The minimum absolute atomic E-state index is 0.104. The Hall–Kier alpha value is -0.835. The van der Waals surface area contributed by atoms with Crippen molar-refractivity contribution in [2.24, 2.45) is 23.2 Å². The number of benzene rings is 1. The molecule has 5 rings (SSSR count). The molecule has 1 aromatic rings. The summed E-state index contributed by atoms with van der Waals surface area (Å²) in [6, 6.07) is 6.97. The summed E-state index contributed by atoms with van der Waals surface area (Å²) in [4.78, 5) is 0. The lowest BCUT2D eigenvalue weighted by atomic mass is 9.52. The highest BCUT2D eigenvalue weighted by molar-refractivity contribution is 6.62. The molecule has 1 N–H and O–H groups in total. The molecule has 6 atom stereocenters. The Bertz CT molecular complexity index is 802. The van der Waals surface area contributed by atoms with Crippen LogP contribution in [0.25, 0.3) is 0 Å². The minimum Gasteiger partial charge on any atom is -0.399 e. The quantitative estimate of drug-likeness (QED) is 0.713. The van der Waals surface area contributed by atoms with E-state index < -0.39 is 0 Å². The molecule has 29 heavy (non-hydrogen) atoms. The van der Waals surface area contributed by atoms with Gasteiger partial charge in [-0.05, 0) is 105 Å². The number of rotatable bonds is 1. The second-order valence-electron chi connectivity index (χ2n) is 11.7. The zero-order valence-corrected chi connectivity index (χ0v) is 19.0. The third-order valence-electron chi connectivity index (χ3n) is 9.57. The van der Waals surface area contributed by atoms with Crippen molar-refractivity contribution in [3.63, 3.8) is 0 Å². The lowest BCUT2D eigenvalue weighted by Crippen LogP contribution is -2.47. The first-order valence-corrected chi connectivity index (χ1v) is 11.7. The largest absolute Gasteiger partial charge is 0.494 e. The van der Waals surface area contributed by atoms with E-state index in [2.05, 4.69) is 59.7 Å². The fourth-order valence-corrected chi connectivity index (χ4v) is 7.10. The molecule has 0 amide bonds. The van der Waals surface area contributed by atoms with Gasteiger partial charge < -0.3 is 14.4 Å². The summed E-state index contributed by atoms with van der Waals surface area (Å²) in [7, 11) is -0.280. The van der Waals surface area contributed by atoms with E-state index in [1.54, 1.807) is 5.56 Å². The molecule has 0 spiro atoms. The summed E-state index contributed by atoms with van der Waals surface area (Å²) in [6.45, 7) is 13.3. The van der Waals surface area contributed by atoms with Gasteiger partial charge in [0.25, 0.3) is 0 Å². The Balaban J connectivity index is 1.45. The van der Waals surface area contributed by atoms with Crippen molar-refractivity contribution < 1.29 is 14.4 Å². The molecular formula is C25H37BO3. The van der Waals surface area contributed by atoms with Crippen molar-refractivity contribution in [2.75, 3.05) is 0 Å². The molecule has 4 aliphatic rings. The molecule has 0 bridgehead atoms. The first-order valence-electron chi connectivity index (χ1n) is 11.7. The second kappa shape index (κ2) is 6.34. The van der Waals surface area contributed by atoms with E-state index >= 15 is 0 Å². The van der Waals surface area contributed by atoms with Gasteiger partial charge in [0.1, 0.15) is 0 Å². The standard InChI is InChI=1S/C25H37BO3/c1-15-13-16-14-17(26-28-23(2,3)24(4,5)29-26)7-8-18(16)19-11-12-25(6)20(22(15)19)9-10-21(25)27/h7-8,14-15,19-22,27H,9-13H2,1-6H3/t15-,19-,20+,21+,22-,25+/m1/s1. The molecule has 2 saturated carbocycles. The zero-order valence-electron chi connectivity index (χ0n) is 19.0. The fraction of sp³-hybridized carbons (Fsp3) is 0.760. The minimum atomic E-state index is -0.302. The Labute approximate surface area is 176 Å². The number of hydrogen-bond donors (Lipinski definition) is 1. The summed E-state index contributed by atoms with van der Waals surface area (Å²) < 4.78 is 12.6. The lowest BCUT2D eigenvalue weighted by molar-refractivity contribution is -0.0356.